The van der Waals surface area contributed by atoms with Crippen molar-refractivity contribution in [2.45, 2.75) is 38.3 Å². The van der Waals surface area contributed by atoms with E-state index in [4.69, 9.17) is 25.2 Å². The zero-order chi connectivity index (χ0) is 23.2. The van der Waals surface area contributed by atoms with Crippen LogP contribution in [0.4, 0.5) is 0 Å². The van der Waals surface area contributed by atoms with Crippen molar-refractivity contribution >= 4 is 5.97 Å². The predicted octanol–water partition coefficient (Wildman–Crippen LogP) is 5.37. The number of nitrogens with two attached hydrogens (primary N) is 1. The molecule has 3 aromatic carbocycles. The zero-order valence-corrected chi connectivity index (χ0v) is 18.5. The molecular formula is C27H26N2O4. The zero-order valence-electron chi connectivity index (χ0n) is 18.5. The second-order valence-electron chi connectivity index (χ2n) is 7.89. The highest BCUT2D eigenvalue weighted by Crippen LogP contribution is 2.41. The van der Waals surface area contributed by atoms with E-state index in [0.29, 0.717) is 17.9 Å². The number of nitrogens with zero attached hydrogens (tertiary/aromatic N) is 1. The van der Waals surface area contributed by atoms with Crippen LogP contribution in [0.2, 0.25) is 0 Å². The third-order valence-electron chi connectivity index (χ3n) is 5.66. The van der Waals surface area contributed by atoms with Gasteiger partial charge in [-0.25, -0.2) is 0 Å². The van der Waals surface area contributed by atoms with Crippen LogP contribution in [0.1, 0.15) is 54.2 Å². The molecule has 0 fully saturated rings. The number of benzene rings is 3. The van der Waals surface area contributed by atoms with Crippen LogP contribution in [0.5, 0.6) is 17.2 Å². The number of carbonyl (C=O) groups is 1. The van der Waals surface area contributed by atoms with Crippen molar-refractivity contribution in [1.29, 1.82) is 5.26 Å². The van der Waals surface area contributed by atoms with Crippen molar-refractivity contribution in [2.24, 2.45) is 5.73 Å². The molecule has 4 rings (SSSR count). The van der Waals surface area contributed by atoms with Gasteiger partial charge in [-0.2, -0.15) is 5.26 Å². The molecule has 3 aromatic rings. The van der Waals surface area contributed by atoms with Gasteiger partial charge in [-0.3, -0.25) is 4.79 Å². The number of carbonyl (C=O) groups excluding carboxylic acids is 1. The van der Waals surface area contributed by atoms with Gasteiger partial charge in [0.1, 0.15) is 23.4 Å². The van der Waals surface area contributed by atoms with E-state index in [1.165, 1.54) is 0 Å². The molecule has 1 aliphatic rings. The summed E-state index contributed by atoms with van der Waals surface area (Å²) in [6.45, 7) is 2.13. The highest BCUT2D eigenvalue weighted by atomic mass is 16.5. The second-order valence-corrected chi connectivity index (χ2v) is 7.89. The fourth-order valence-electron chi connectivity index (χ4n) is 4.00. The Bertz CT molecular complexity index is 1150. The third-order valence-corrected chi connectivity index (χ3v) is 5.66. The van der Waals surface area contributed by atoms with Gasteiger partial charge in [0, 0.05) is 11.6 Å². The molecule has 0 aromatic heterocycles. The summed E-state index contributed by atoms with van der Waals surface area (Å²) in [6.07, 6.45) is 1.79. The van der Waals surface area contributed by atoms with Gasteiger partial charge < -0.3 is 19.9 Å². The molecule has 1 aliphatic carbocycles. The molecule has 0 spiro atoms. The minimum atomic E-state index is -0.410. The average Bonchev–Trinajstić information content (AvgIpc) is 3.24. The van der Waals surface area contributed by atoms with Crippen molar-refractivity contribution in [2.75, 3.05) is 6.61 Å². The lowest BCUT2D eigenvalue weighted by atomic mass is 10.0. The van der Waals surface area contributed by atoms with E-state index >= 15 is 0 Å². The van der Waals surface area contributed by atoms with Crippen molar-refractivity contribution in [3.8, 4) is 23.3 Å². The quantitative estimate of drug-likeness (QED) is 0.471. The van der Waals surface area contributed by atoms with Crippen LogP contribution in [0, 0.1) is 11.3 Å². The first kappa shape index (κ1) is 22.4. The molecule has 0 saturated heterocycles. The van der Waals surface area contributed by atoms with E-state index < -0.39 is 6.04 Å². The van der Waals surface area contributed by atoms with Gasteiger partial charge in [0.2, 0.25) is 0 Å². The summed E-state index contributed by atoms with van der Waals surface area (Å²) < 4.78 is 17.3. The summed E-state index contributed by atoms with van der Waals surface area (Å²) in [5.74, 6) is 1.95. The Labute approximate surface area is 193 Å². The predicted molar refractivity (Wildman–Crippen MR) is 124 cm³/mol. The summed E-state index contributed by atoms with van der Waals surface area (Å²) in [6, 6.07) is 22.3. The molecule has 2 N–H and O–H groups in total. The van der Waals surface area contributed by atoms with Crippen LogP contribution in [0.25, 0.3) is 0 Å². The minimum Gasteiger partial charge on any atom is -0.486 e. The Kier molecular flexibility index (Phi) is 6.92. The molecule has 0 amide bonds. The summed E-state index contributed by atoms with van der Waals surface area (Å²) in [4.78, 5) is 11.7. The number of hydrogen-bond donors (Lipinski definition) is 1. The van der Waals surface area contributed by atoms with E-state index in [1.54, 1.807) is 31.2 Å². The number of hydrogen-bond acceptors (Lipinski definition) is 6. The van der Waals surface area contributed by atoms with Crippen molar-refractivity contribution in [1.82, 2.24) is 0 Å². The standard InChI is InChI=1S/C27H26N2O4/c1-2-31-27(30)16-24(29)19-8-12-21(13-9-19)33-26-15-14-23-22(26)4-3-5-25(23)32-20-10-6-18(17-28)7-11-20/h3-13,24,26H,2,14-16,29H2,1H3. The SMILES string of the molecule is CCOC(=O)CC(N)c1ccc(OC2CCc3c(Oc4ccc(C#N)cc4)cccc32)cc1. The molecule has 33 heavy (non-hydrogen) atoms. The van der Waals surface area contributed by atoms with Crippen molar-refractivity contribution in [3.63, 3.8) is 0 Å². The van der Waals surface area contributed by atoms with Gasteiger partial charge in [0.15, 0.2) is 0 Å². The first-order valence-corrected chi connectivity index (χ1v) is 11.0. The summed E-state index contributed by atoms with van der Waals surface area (Å²) in [7, 11) is 0. The van der Waals surface area contributed by atoms with E-state index in [2.05, 4.69) is 12.1 Å². The highest BCUT2D eigenvalue weighted by molar-refractivity contribution is 5.70. The Hall–Kier alpha value is -3.82. The normalized spacial score (nSPS) is 15.2. The lowest BCUT2D eigenvalue weighted by Crippen LogP contribution is -2.17. The maximum Gasteiger partial charge on any atom is 0.307 e. The molecule has 0 aliphatic heterocycles. The molecule has 6 heteroatoms. The summed E-state index contributed by atoms with van der Waals surface area (Å²) in [5.41, 5.74) is 9.84. The van der Waals surface area contributed by atoms with Gasteiger partial charge >= 0.3 is 5.97 Å². The van der Waals surface area contributed by atoms with Gasteiger partial charge in [0.05, 0.1) is 24.7 Å². The summed E-state index contributed by atoms with van der Waals surface area (Å²) in [5, 5.41) is 8.96. The number of fused-ring (bicyclic) bond motifs is 1. The Morgan fingerprint density at radius 1 is 1.09 bits per heavy atom. The molecule has 6 nitrogen and oxygen atoms in total. The number of nitriles is 1. The Morgan fingerprint density at radius 2 is 1.82 bits per heavy atom. The van der Waals surface area contributed by atoms with Crippen LogP contribution >= 0.6 is 0 Å². The van der Waals surface area contributed by atoms with Gasteiger partial charge in [-0.15, -0.1) is 0 Å². The van der Waals surface area contributed by atoms with E-state index in [0.717, 1.165) is 41.0 Å². The number of esters is 1. The van der Waals surface area contributed by atoms with Crippen molar-refractivity contribution in [3.05, 3.63) is 89.0 Å². The van der Waals surface area contributed by atoms with Gasteiger partial charge in [-0.1, -0.05) is 24.3 Å². The van der Waals surface area contributed by atoms with Crippen LogP contribution in [0.3, 0.4) is 0 Å². The first-order chi connectivity index (χ1) is 16.1. The maximum absolute atomic E-state index is 11.7. The van der Waals surface area contributed by atoms with Gasteiger partial charge in [0.25, 0.3) is 0 Å². The maximum atomic E-state index is 11.7. The minimum absolute atomic E-state index is 0.0661. The van der Waals surface area contributed by atoms with Crippen LogP contribution in [-0.2, 0) is 16.0 Å². The van der Waals surface area contributed by atoms with E-state index in [1.807, 2.05) is 36.4 Å². The molecule has 168 valence electrons. The third kappa shape index (κ3) is 5.33. The molecule has 2 unspecified atom stereocenters. The van der Waals surface area contributed by atoms with Crippen LogP contribution in [0.15, 0.2) is 66.7 Å². The Balaban J connectivity index is 1.43. The molecule has 0 saturated carbocycles. The summed E-state index contributed by atoms with van der Waals surface area (Å²) >= 11 is 0. The molecular weight excluding hydrogens is 416 g/mol. The van der Waals surface area contributed by atoms with Crippen LogP contribution in [-0.4, -0.2) is 12.6 Å². The number of rotatable bonds is 8. The fraction of sp³-hybridized carbons (Fsp3) is 0.259. The molecule has 2 atom stereocenters. The van der Waals surface area contributed by atoms with Crippen molar-refractivity contribution < 1.29 is 19.0 Å². The smallest absolute Gasteiger partial charge is 0.307 e. The highest BCUT2D eigenvalue weighted by Gasteiger charge is 2.27. The largest absolute Gasteiger partial charge is 0.486 e. The number of ether oxygens (including phenoxy) is 3. The van der Waals surface area contributed by atoms with E-state index in [-0.39, 0.29) is 18.5 Å². The second kappa shape index (κ2) is 10.2. The first-order valence-electron chi connectivity index (χ1n) is 11.0. The molecule has 0 bridgehead atoms. The van der Waals surface area contributed by atoms with Gasteiger partial charge in [-0.05, 0) is 73.4 Å². The fourth-order valence-corrected chi connectivity index (χ4v) is 4.00. The lowest BCUT2D eigenvalue weighted by molar-refractivity contribution is -0.143. The monoisotopic (exact) mass is 442 g/mol. The van der Waals surface area contributed by atoms with Crippen LogP contribution < -0.4 is 15.2 Å². The molecule has 0 heterocycles. The molecule has 0 radical (unpaired) electrons. The van der Waals surface area contributed by atoms with E-state index in [9.17, 15) is 4.79 Å². The lowest BCUT2D eigenvalue weighted by Gasteiger charge is -2.17. The average molecular weight is 443 g/mol. The Morgan fingerprint density at radius 3 is 2.52 bits per heavy atom. The topological polar surface area (TPSA) is 94.6 Å².